The molecule has 0 unspecified atom stereocenters. The molecule has 0 aliphatic carbocycles. The van der Waals surface area contributed by atoms with Crippen LogP contribution < -0.4 is 16.0 Å². The summed E-state index contributed by atoms with van der Waals surface area (Å²) in [5.41, 5.74) is 0.801. The summed E-state index contributed by atoms with van der Waals surface area (Å²) in [6.45, 7) is 3.73. The van der Waals surface area contributed by atoms with Crippen molar-refractivity contribution in [1.82, 2.24) is 25.8 Å². The first kappa shape index (κ1) is 31.4. The van der Waals surface area contributed by atoms with Gasteiger partial charge in [0.15, 0.2) is 0 Å². The molecule has 2 heterocycles. The van der Waals surface area contributed by atoms with Crippen LogP contribution in [0.5, 0.6) is 0 Å². The fourth-order valence-electron chi connectivity index (χ4n) is 5.04. The lowest BCUT2D eigenvalue weighted by Gasteiger charge is -2.27. The molecule has 1 aromatic rings. The Hall–Kier alpha value is -4.16. The highest BCUT2D eigenvalue weighted by Gasteiger charge is 2.37. The monoisotopic (exact) mass is 573 g/mol. The number of aliphatic carboxylic acids is 1. The van der Waals surface area contributed by atoms with E-state index >= 15 is 0 Å². The minimum Gasteiger partial charge on any atom is -0.480 e. The second-order valence-corrected chi connectivity index (χ2v) is 10.7. The second-order valence-electron chi connectivity index (χ2n) is 10.7. The zero-order valence-corrected chi connectivity index (χ0v) is 23.5. The number of likely N-dealkylation sites (tertiary alicyclic amines) is 2. The minimum atomic E-state index is -1.08. The first-order valence-corrected chi connectivity index (χ1v) is 13.9. The maximum absolute atomic E-state index is 13.2. The van der Waals surface area contributed by atoms with Gasteiger partial charge in [0.1, 0.15) is 31.3 Å². The lowest BCUT2D eigenvalue weighted by molar-refractivity contribution is -0.148. The summed E-state index contributed by atoms with van der Waals surface area (Å²) in [5, 5.41) is 17.0. The fraction of sp³-hybridized carbons (Fsp3) is 0.571. The zero-order chi connectivity index (χ0) is 29.9. The van der Waals surface area contributed by atoms with Crippen LogP contribution >= 0.6 is 0 Å². The molecule has 4 N–H and O–H groups in total. The highest BCUT2D eigenvalue weighted by Crippen LogP contribution is 2.19. The molecule has 2 aliphatic heterocycles. The maximum atomic E-state index is 13.2. The summed E-state index contributed by atoms with van der Waals surface area (Å²) >= 11 is 0. The Morgan fingerprint density at radius 2 is 1.49 bits per heavy atom. The minimum absolute atomic E-state index is 0.0316. The first-order valence-electron chi connectivity index (χ1n) is 13.9. The molecule has 3 atom stereocenters. The number of hydrogen-bond donors (Lipinski definition) is 4. The molecule has 0 aromatic heterocycles. The van der Waals surface area contributed by atoms with Crippen LogP contribution in [0, 0.1) is 5.92 Å². The standard InChI is InChI=1S/C28H39N5O8/c1-18(2)14-20(25(36)29-15-23(34)33-13-7-11-22(33)27(38)39)31-26(37)21-10-6-12-32(21)24(35)16-30-28(40)41-17-19-8-4-3-5-9-19/h3-5,8-9,18,20-22H,6-7,10-17H2,1-2H3,(H,29,36)(H,30,40)(H,31,37)(H,38,39)/t20-,21+,22+/m0/s1. The van der Waals surface area contributed by atoms with Crippen molar-refractivity contribution in [3.63, 3.8) is 0 Å². The molecular formula is C28H39N5O8. The average molecular weight is 574 g/mol. The lowest BCUT2D eigenvalue weighted by Crippen LogP contribution is -2.55. The van der Waals surface area contributed by atoms with Crippen LogP contribution in [0.15, 0.2) is 30.3 Å². The number of carboxylic acid groups (broad SMARTS) is 1. The molecule has 0 spiro atoms. The second kappa shape index (κ2) is 15.0. The van der Waals surface area contributed by atoms with E-state index in [4.69, 9.17) is 4.74 Å². The Balaban J connectivity index is 1.51. The van der Waals surface area contributed by atoms with Gasteiger partial charge in [0, 0.05) is 13.1 Å². The molecule has 2 fully saturated rings. The Bertz CT molecular complexity index is 1110. The molecule has 1 aromatic carbocycles. The number of carboxylic acids is 1. The highest BCUT2D eigenvalue weighted by molar-refractivity contribution is 5.94. The van der Waals surface area contributed by atoms with E-state index in [1.165, 1.54) is 9.80 Å². The summed E-state index contributed by atoms with van der Waals surface area (Å²) in [6.07, 6.45) is 1.46. The van der Waals surface area contributed by atoms with Gasteiger partial charge in [-0.05, 0) is 43.6 Å². The van der Waals surface area contributed by atoms with E-state index in [0.29, 0.717) is 45.2 Å². The number of rotatable bonds is 12. The molecule has 0 saturated carbocycles. The van der Waals surface area contributed by atoms with Crippen LogP contribution in [0.3, 0.4) is 0 Å². The van der Waals surface area contributed by atoms with Crippen molar-refractivity contribution in [2.45, 2.75) is 70.7 Å². The van der Waals surface area contributed by atoms with E-state index in [2.05, 4.69) is 16.0 Å². The normalized spacial score (nSPS) is 19.0. The van der Waals surface area contributed by atoms with E-state index < -0.39 is 53.8 Å². The third-order valence-corrected chi connectivity index (χ3v) is 7.08. The number of amides is 5. The number of benzene rings is 1. The van der Waals surface area contributed by atoms with Gasteiger partial charge in [0.25, 0.3) is 0 Å². The predicted molar refractivity (Wildman–Crippen MR) is 146 cm³/mol. The predicted octanol–water partition coefficient (Wildman–Crippen LogP) is 0.627. The zero-order valence-electron chi connectivity index (χ0n) is 23.5. The SMILES string of the molecule is CC(C)C[C@H](NC(=O)[C@H]1CCCN1C(=O)CNC(=O)OCc1ccccc1)C(=O)NCC(=O)N1CCC[C@@H]1C(=O)O. The number of nitrogens with one attached hydrogen (secondary N) is 3. The molecule has 41 heavy (non-hydrogen) atoms. The molecule has 3 rings (SSSR count). The van der Waals surface area contributed by atoms with Crippen LogP contribution in [-0.4, -0.2) is 94.9 Å². The summed E-state index contributed by atoms with van der Waals surface area (Å²) in [6, 6.07) is 6.42. The van der Waals surface area contributed by atoms with Gasteiger partial charge in [-0.1, -0.05) is 44.2 Å². The molecular weight excluding hydrogens is 534 g/mol. The highest BCUT2D eigenvalue weighted by atomic mass is 16.5. The van der Waals surface area contributed by atoms with Gasteiger partial charge in [-0.2, -0.15) is 0 Å². The van der Waals surface area contributed by atoms with Crippen molar-refractivity contribution in [2.24, 2.45) is 5.92 Å². The number of nitrogens with zero attached hydrogens (tertiary/aromatic N) is 2. The van der Waals surface area contributed by atoms with Crippen molar-refractivity contribution < 1.29 is 38.6 Å². The van der Waals surface area contributed by atoms with Gasteiger partial charge < -0.3 is 35.6 Å². The maximum Gasteiger partial charge on any atom is 0.407 e. The summed E-state index contributed by atoms with van der Waals surface area (Å²) < 4.78 is 5.12. The van der Waals surface area contributed by atoms with Crippen LogP contribution in [0.25, 0.3) is 0 Å². The first-order chi connectivity index (χ1) is 19.6. The Morgan fingerprint density at radius 3 is 2.10 bits per heavy atom. The smallest absolute Gasteiger partial charge is 0.407 e. The number of ether oxygens (including phenoxy) is 1. The van der Waals surface area contributed by atoms with E-state index in [0.717, 1.165) is 5.56 Å². The topological polar surface area (TPSA) is 174 Å². The molecule has 2 saturated heterocycles. The van der Waals surface area contributed by atoms with Gasteiger partial charge in [0.05, 0.1) is 6.54 Å². The average Bonchev–Trinajstić information content (AvgIpc) is 3.64. The van der Waals surface area contributed by atoms with Gasteiger partial charge in [-0.3, -0.25) is 19.2 Å². The van der Waals surface area contributed by atoms with E-state index in [-0.39, 0.29) is 25.6 Å². The Labute approximate surface area is 238 Å². The van der Waals surface area contributed by atoms with Gasteiger partial charge in [-0.25, -0.2) is 9.59 Å². The van der Waals surface area contributed by atoms with Crippen molar-refractivity contribution in [3.8, 4) is 0 Å². The molecule has 224 valence electrons. The number of hydrogen-bond acceptors (Lipinski definition) is 7. The van der Waals surface area contributed by atoms with Crippen molar-refractivity contribution in [1.29, 1.82) is 0 Å². The molecule has 0 radical (unpaired) electrons. The van der Waals surface area contributed by atoms with Crippen LogP contribution in [0.2, 0.25) is 0 Å². The summed E-state index contributed by atoms with van der Waals surface area (Å²) in [5.74, 6) is -3.06. The Kier molecular flexibility index (Phi) is 11.5. The van der Waals surface area contributed by atoms with Gasteiger partial charge >= 0.3 is 12.1 Å². The summed E-state index contributed by atoms with van der Waals surface area (Å²) in [7, 11) is 0. The van der Waals surface area contributed by atoms with E-state index in [1.807, 2.05) is 32.0 Å². The Morgan fingerprint density at radius 1 is 0.902 bits per heavy atom. The number of carbonyl (C=O) groups excluding carboxylic acids is 5. The van der Waals surface area contributed by atoms with Gasteiger partial charge in [0.2, 0.25) is 23.6 Å². The van der Waals surface area contributed by atoms with Crippen molar-refractivity contribution in [2.75, 3.05) is 26.2 Å². The van der Waals surface area contributed by atoms with Crippen molar-refractivity contribution >= 4 is 35.7 Å². The van der Waals surface area contributed by atoms with Crippen molar-refractivity contribution in [3.05, 3.63) is 35.9 Å². The lowest BCUT2D eigenvalue weighted by atomic mass is 10.0. The van der Waals surface area contributed by atoms with Crippen LogP contribution in [0.4, 0.5) is 4.79 Å². The van der Waals surface area contributed by atoms with E-state index in [1.54, 1.807) is 12.1 Å². The molecule has 13 nitrogen and oxygen atoms in total. The van der Waals surface area contributed by atoms with Crippen LogP contribution in [0.1, 0.15) is 51.5 Å². The molecule has 2 aliphatic rings. The van der Waals surface area contributed by atoms with Crippen LogP contribution in [-0.2, 0) is 35.3 Å². The largest absolute Gasteiger partial charge is 0.480 e. The quantitative estimate of drug-likeness (QED) is 0.282. The molecule has 5 amide bonds. The number of alkyl carbamates (subject to hydrolysis) is 1. The van der Waals surface area contributed by atoms with E-state index in [9.17, 15) is 33.9 Å². The third kappa shape index (κ3) is 9.19. The molecule has 13 heteroatoms. The van der Waals surface area contributed by atoms with Gasteiger partial charge in [-0.15, -0.1) is 0 Å². The third-order valence-electron chi connectivity index (χ3n) is 7.08. The fourth-order valence-corrected chi connectivity index (χ4v) is 5.04. The number of carbonyl (C=O) groups is 6. The summed E-state index contributed by atoms with van der Waals surface area (Å²) in [4.78, 5) is 77.6. The molecule has 0 bridgehead atoms.